The van der Waals surface area contributed by atoms with Crippen LogP contribution in [0.1, 0.15) is 47.7 Å². The van der Waals surface area contributed by atoms with E-state index in [-0.39, 0.29) is 5.97 Å². The highest BCUT2D eigenvalue weighted by Crippen LogP contribution is 2.37. The topological polar surface area (TPSA) is 81.1 Å². The molecule has 0 spiro atoms. The van der Waals surface area contributed by atoms with Gasteiger partial charge in [0.2, 0.25) is 5.88 Å². The molecule has 0 radical (unpaired) electrons. The van der Waals surface area contributed by atoms with Crippen LogP contribution in [0.25, 0.3) is 5.57 Å². The Kier molecular flexibility index (Phi) is 8.98. The monoisotopic (exact) mass is 610 g/mol. The lowest BCUT2D eigenvalue weighted by atomic mass is 9.84. The van der Waals surface area contributed by atoms with Crippen LogP contribution in [0.2, 0.25) is 5.02 Å². The number of carbonyl (C=O) groups is 1. The second-order valence-electron chi connectivity index (χ2n) is 11.1. The van der Waals surface area contributed by atoms with Gasteiger partial charge in [-0.15, -0.1) is 0 Å². The van der Waals surface area contributed by atoms with Crippen LogP contribution < -0.4 is 9.47 Å². The average Bonchev–Trinajstić information content (AvgIpc) is 3.20. The first-order valence-corrected chi connectivity index (χ1v) is 15.4. The standard InChI is InChI=1S/C36H35ClN2O5/c1-2-42-35(40)25-10-16-29(17-11-25)43-32-8-3-9-33-31(32)24-26(30-7-4-20-38-34(30)44-33)6-5-21-39-22-18-36(41,19-23-39)27-12-14-28(37)15-13-27/h3-4,6-17,20,24,32,41H,2,5,18-19,21-23H2,1H3. The average molecular weight is 611 g/mol. The fourth-order valence-electron chi connectivity index (χ4n) is 5.77. The molecule has 6 rings (SSSR count). The number of hydrogen-bond donors (Lipinski definition) is 1. The molecule has 2 aromatic carbocycles. The second-order valence-corrected chi connectivity index (χ2v) is 11.5. The molecule has 0 bridgehead atoms. The molecular weight excluding hydrogens is 576 g/mol. The summed E-state index contributed by atoms with van der Waals surface area (Å²) in [5.41, 5.74) is 3.41. The maximum absolute atomic E-state index is 12.1. The maximum atomic E-state index is 12.1. The largest absolute Gasteiger partial charge is 0.481 e. The summed E-state index contributed by atoms with van der Waals surface area (Å²) in [4.78, 5) is 19.0. The number of esters is 1. The third-order valence-corrected chi connectivity index (χ3v) is 8.48. The van der Waals surface area contributed by atoms with E-state index in [1.807, 2.05) is 54.6 Å². The number of aliphatic hydroxyl groups is 1. The number of piperidine rings is 1. The van der Waals surface area contributed by atoms with E-state index in [9.17, 15) is 9.90 Å². The number of benzene rings is 2. The SMILES string of the molecule is CCOC(=O)c1ccc(OC2C=CC=C3Oc4ncccc4C(=CCCN4CCC(O)(c5ccc(Cl)cc5)CC4)C=C32)cc1. The zero-order chi connectivity index (χ0) is 30.5. The smallest absolute Gasteiger partial charge is 0.338 e. The van der Waals surface area contributed by atoms with Gasteiger partial charge in [0.15, 0.2) is 0 Å². The Hall–Kier alpha value is -4.17. The van der Waals surface area contributed by atoms with Crippen LogP contribution in [-0.4, -0.2) is 53.3 Å². The minimum absolute atomic E-state index is 0.325. The quantitative estimate of drug-likeness (QED) is 0.278. The van der Waals surface area contributed by atoms with Crippen LogP contribution in [0.15, 0.2) is 109 Å². The van der Waals surface area contributed by atoms with Crippen molar-refractivity contribution in [3.8, 4) is 11.6 Å². The van der Waals surface area contributed by atoms with E-state index >= 15 is 0 Å². The number of rotatable bonds is 8. The highest BCUT2D eigenvalue weighted by atomic mass is 35.5. The van der Waals surface area contributed by atoms with E-state index in [1.54, 1.807) is 37.4 Å². The predicted molar refractivity (Wildman–Crippen MR) is 171 cm³/mol. The Labute approximate surface area is 262 Å². The number of halogens is 1. The van der Waals surface area contributed by atoms with Crippen molar-refractivity contribution < 1.29 is 24.1 Å². The number of ether oxygens (including phenoxy) is 3. The molecule has 3 heterocycles. The Bertz CT molecular complexity index is 1620. The van der Waals surface area contributed by atoms with Crippen molar-refractivity contribution in [2.45, 2.75) is 37.9 Å². The fraction of sp³-hybridized carbons (Fsp3) is 0.278. The molecule has 3 aliphatic rings. The van der Waals surface area contributed by atoms with Gasteiger partial charge in [0.1, 0.15) is 17.6 Å². The Morgan fingerprint density at radius 1 is 1.14 bits per heavy atom. The first-order chi connectivity index (χ1) is 21.4. The summed E-state index contributed by atoms with van der Waals surface area (Å²) in [5.74, 6) is 1.50. The van der Waals surface area contributed by atoms with E-state index in [0.717, 1.165) is 48.3 Å². The van der Waals surface area contributed by atoms with E-state index in [0.29, 0.717) is 47.4 Å². The molecule has 1 aromatic heterocycles. The lowest BCUT2D eigenvalue weighted by molar-refractivity contribution is -0.0254. The molecular formula is C36H35ClN2O5. The van der Waals surface area contributed by atoms with E-state index in [4.69, 9.17) is 25.8 Å². The number of likely N-dealkylation sites (tertiary alicyclic amines) is 1. The number of fused-ring (bicyclic) bond motifs is 2. The summed E-state index contributed by atoms with van der Waals surface area (Å²) in [6, 6.07) is 18.4. The molecule has 0 saturated carbocycles. The van der Waals surface area contributed by atoms with Gasteiger partial charge >= 0.3 is 5.97 Å². The lowest BCUT2D eigenvalue weighted by Gasteiger charge is -2.38. The van der Waals surface area contributed by atoms with Gasteiger partial charge in [-0.3, -0.25) is 0 Å². The van der Waals surface area contributed by atoms with E-state index in [1.165, 1.54) is 0 Å². The van der Waals surface area contributed by atoms with Crippen molar-refractivity contribution in [3.63, 3.8) is 0 Å². The summed E-state index contributed by atoms with van der Waals surface area (Å²) in [7, 11) is 0. The van der Waals surface area contributed by atoms with Gasteiger partial charge in [-0.2, -0.15) is 0 Å². The Morgan fingerprint density at radius 2 is 1.91 bits per heavy atom. The van der Waals surface area contributed by atoms with Crippen molar-refractivity contribution in [2.24, 2.45) is 0 Å². The number of allylic oxidation sites excluding steroid dienone is 4. The zero-order valence-electron chi connectivity index (χ0n) is 24.6. The molecule has 1 atom stereocenters. The summed E-state index contributed by atoms with van der Waals surface area (Å²) in [5, 5.41) is 11.9. The maximum Gasteiger partial charge on any atom is 0.338 e. The van der Waals surface area contributed by atoms with Crippen LogP contribution in [0, 0.1) is 0 Å². The Balaban J connectivity index is 1.17. The summed E-state index contributed by atoms with van der Waals surface area (Å²) in [6.07, 6.45) is 13.7. The molecule has 1 fully saturated rings. The van der Waals surface area contributed by atoms with Gasteiger partial charge in [-0.05, 0) is 104 Å². The fourth-order valence-corrected chi connectivity index (χ4v) is 5.90. The van der Waals surface area contributed by atoms with Crippen molar-refractivity contribution in [3.05, 3.63) is 130 Å². The third kappa shape index (κ3) is 6.65. The van der Waals surface area contributed by atoms with Gasteiger partial charge in [0.05, 0.1) is 17.8 Å². The molecule has 1 unspecified atom stereocenters. The number of pyridine rings is 1. The van der Waals surface area contributed by atoms with Crippen LogP contribution in [0.5, 0.6) is 11.6 Å². The van der Waals surface area contributed by atoms with Crippen molar-refractivity contribution >= 4 is 23.1 Å². The first-order valence-electron chi connectivity index (χ1n) is 15.0. The predicted octanol–water partition coefficient (Wildman–Crippen LogP) is 6.89. The molecule has 0 amide bonds. The van der Waals surface area contributed by atoms with Crippen LogP contribution in [0.4, 0.5) is 0 Å². The number of nitrogens with zero attached hydrogens (tertiary/aromatic N) is 2. The minimum atomic E-state index is -0.821. The molecule has 1 saturated heterocycles. The summed E-state index contributed by atoms with van der Waals surface area (Å²) >= 11 is 6.05. The molecule has 7 nitrogen and oxygen atoms in total. The van der Waals surface area contributed by atoms with Crippen LogP contribution in [-0.2, 0) is 10.3 Å². The van der Waals surface area contributed by atoms with Gasteiger partial charge in [-0.25, -0.2) is 9.78 Å². The zero-order valence-corrected chi connectivity index (χ0v) is 25.4. The molecule has 8 heteroatoms. The Morgan fingerprint density at radius 3 is 2.66 bits per heavy atom. The molecule has 44 heavy (non-hydrogen) atoms. The molecule has 226 valence electrons. The molecule has 3 aromatic rings. The lowest BCUT2D eigenvalue weighted by Crippen LogP contribution is -2.42. The molecule has 2 aliphatic heterocycles. The normalized spacial score (nSPS) is 20.0. The first kappa shape index (κ1) is 29.9. The van der Waals surface area contributed by atoms with Crippen LogP contribution in [0.3, 0.4) is 0 Å². The van der Waals surface area contributed by atoms with Crippen molar-refractivity contribution in [2.75, 3.05) is 26.2 Å². The minimum Gasteiger partial charge on any atom is -0.481 e. The molecule has 1 aliphatic carbocycles. The summed E-state index contributed by atoms with van der Waals surface area (Å²) in [6.45, 7) is 4.60. The summed E-state index contributed by atoms with van der Waals surface area (Å²) < 4.78 is 17.8. The number of carbonyl (C=O) groups excluding carboxylic acids is 1. The van der Waals surface area contributed by atoms with Gasteiger partial charge in [0.25, 0.3) is 0 Å². The van der Waals surface area contributed by atoms with Crippen molar-refractivity contribution in [1.29, 1.82) is 0 Å². The van der Waals surface area contributed by atoms with E-state index in [2.05, 4.69) is 22.0 Å². The second kappa shape index (κ2) is 13.2. The number of aromatic nitrogens is 1. The van der Waals surface area contributed by atoms with Gasteiger partial charge < -0.3 is 24.2 Å². The highest BCUT2D eigenvalue weighted by molar-refractivity contribution is 6.30. The van der Waals surface area contributed by atoms with E-state index < -0.39 is 11.7 Å². The van der Waals surface area contributed by atoms with Gasteiger partial charge in [0, 0.05) is 42.0 Å². The van der Waals surface area contributed by atoms with Gasteiger partial charge in [-0.1, -0.05) is 35.9 Å². The third-order valence-electron chi connectivity index (χ3n) is 8.23. The molecule has 1 N–H and O–H groups in total. The van der Waals surface area contributed by atoms with Crippen molar-refractivity contribution in [1.82, 2.24) is 9.88 Å². The highest BCUT2D eigenvalue weighted by Gasteiger charge is 2.34. The van der Waals surface area contributed by atoms with Crippen LogP contribution >= 0.6 is 11.6 Å². The number of hydrogen-bond acceptors (Lipinski definition) is 7.